The minimum absolute atomic E-state index is 0.00955. The molecule has 0 aliphatic rings. The third-order valence-electron chi connectivity index (χ3n) is 3.24. The van der Waals surface area contributed by atoms with Crippen LogP contribution in [0.2, 0.25) is 0 Å². The maximum Gasteiger partial charge on any atom is 0.339 e. The molecule has 1 rings (SSSR count). The predicted octanol–water partition coefficient (Wildman–Crippen LogP) is 2.24. The molecule has 1 aromatic carbocycles. The smallest absolute Gasteiger partial charge is 0.339 e. The summed E-state index contributed by atoms with van der Waals surface area (Å²) in [5, 5.41) is 0. The zero-order valence-electron chi connectivity index (χ0n) is 15.7. The van der Waals surface area contributed by atoms with Gasteiger partial charge in [0, 0.05) is 12.2 Å². The third kappa shape index (κ3) is 7.45. The fraction of sp³-hybridized carbons (Fsp3) is 0.300. The Morgan fingerprint density at radius 2 is 1.18 bits per heavy atom. The topological polar surface area (TPSA) is 105 Å². The van der Waals surface area contributed by atoms with Crippen molar-refractivity contribution in [2.45, 2.75) is 26.1 Å². The molecule has 0 radical (unpaired) electrons. The highest BCUT2D eigenvalue weighted by molar-refractivity contribution is 6.03. The van der Waals surface area contributed by atoms with Gasteiger partial charge in [0.15, 0.2) is 0 Å². The SMILES string of the molecule is C=CC(=O)OCC(C)OC(=O)c1ccccc1C(=O)OC(C)COC(=O)C=C. The van der Waals surface area contributed by atoms with E-state index in [2.05, 4.69) is 13.2 Å². The molecule has 1 aromatic rings. The Balaban J connectivity index is 2.74. The van der Waals surface area contributed by atoms with Crippen molar-refractivity contribution in [2.24, 2.45) is 0 Å². The van der Waals surface area contributed by atoms with Crippen LogP contribution in [0, 0.1) is 0 Å². The van der Waals surface area contributed by atoms with Crippen molar-refractivity contribution in [3.63, 3.8) is 0 Å². The first kappa shape index (κ1) is 22.6. The highest BCUT2D eigenvalue weighted by atomic mass is 16.6. The number of carbonyl (C=O) groups is 4. The Kier molecular flexibility index (Phi) is 9.15. The average molecular weight is 390 g/mol. The zero-order chi connectivity index (χ0) is 21.1. The van der Waals surface area contributed by atoms with Gasteiger partial charge < -0.3 is 18.9 Å². The van der Waals surface area contributed by atoms with Gasteiger partial charge in [-0.3, -0.25) is 0 Å². The van der Waals surface area contributed by atoms with Gasteiger partial charge in [0.25, 0.3) is 0 Å². The van der Waals surface area contributed by atoms with Crippen LogP contribution in [0.3, 0.4) is 0 Å². The van der Waals surface area contributed by atoms with Gasteiger partial charge in [-0.2, -0.15) is 0 Å². The van der Waals surface area contributed by atoms with Gasteiger partial charge in [0.2, 0.25) is 0 Å². The van der Waals surface area contributed by atoms with Crippen molar-refractivity contribution in [1.82, 2.24) is 0 Å². The van der Waals surface area contributed by atoms with Crippen LogP contribution in [-0.2, 0) is 28.5 Å². The second-order valence-electron chi connectivity index (χ2n) is 5.65. The highest BCUT2D eigenvalue weighted by Crippen LogP contribution is 2.14. The van der Waals surface area contributed by atoms with E-state index in [0.717, 1.165) is 12.2 Å². The molecule has 0 saturated heterocycles. The van der Waals surface area contributed by atoms with Gasteiger partial charge in [-0.25, -0.2) is 19.2 Å². The molecule has 2 unspecified atom stereocenters. The summed E-state index contributed by atoms with van der Waals surface area (Å²) in [6, 6.07) is 5.93. The Bertz CT molecular complexity index is 689. The van der Waals surface area contributed by atoms with Crippen LogP contribution >= 0.6 is 0 Å². The van der Waals surface area contributed by atoms with E-state index in [-0.39, 0.29) is 24.3 Å². The van der Waals surface area contributed by atoms with Gasteiger partial charge in [-0.15, -0.1) is 0 Å². The van der Waals surface area contributed by atoms with Crippen molar-refractivity contribution < 1.29 is 38.1 Å². The van der Waals surface area contributed by atoms with E-state index in [1.165, 1.54) is 26.0 Å². The summed E-state index contributed by atoms with van der Waals surface area (Å²) in [4.78, 5) is 46.8. The lowest BCUT2D eigenvalue weighted by Crippen LogP contribution is -2.25. The molecule has 0 aromatic heterocycles. The molecule has 0 bridgehead atoms. The molecule has 2 atom stereocenters. The first-order valence-electron chi connectivity index (χ1n) is 8.37. The maximum absolute atomic E-state index is 12.4. The third-order valence-corrected chi connectivity index (χ3v) is 3.24. The number of hydrogen-bond donors (Lipinski definition) is 0. The van der Waals surface area contributed by atoms with E-state index in [1.807, 2.05) is 0 Å². The molecule has 0 aliphatic carbocycles. The van der Waals surface area contributed by atoms with E-state index in [0.29, 0.717) is 0 Å². The highest BCUT2D eigenvalue weighted by Gasteiger charge is 2.22. The largest absolute Gasteiger partial charge is 0.459 e. The number of carbonyl (C=O) groups excluding carboxylic acids is 4. The molecule has 0 heterocycles. The first-order valence-corrected chi connectivity index (χ1v) is 8.37. The summed E-state index contributed by atoms with van der Waals surface area (Å²) in [6.07, 6.45) is 0.510. The van der Waals surface area contributed by atoms with Crippen LogP contribution in [0.5, 0.6) is 0 Å². The Morgan fingerprint density at radius 1 is 0.821 bits per heavy atom. The van der Waals surface area contributed by atoms with E-state index < -0.39 is 36.1 Å². The molecule has 0 saturated carbocycles. The summed E-state index contributed by atoms with van der Waals surface area (Å²) in [5.41, 5.74) is -0.0191. The number of benzene rings is 1. The second kappa shape index (κ2) is 11.3. The minimum Gasteiger partial charge on any atom is -0.459 e. The number of hydrogen-bond acceptors (Lipinski definition) is 8. The number of ether oxygens (including phenoxy) is 4. The standard InChI is InChI=1S/C20H22O8/c1-5-17(21)25-11-13(3)27-19(23)15-9-7-8-10-16(15)20(24)28-14(4)12-26-18(22)6-2/h5-10,13-14H,1-2,11-12H2,3-4H3. The summed E-state index contributed by atoms with van der Waals surface area (Å²) >= 11 is 0. The number of esters is 4. The van der Waals surface area contributed by atoms with Crippen molar-refractivity contribution >= 4 is 23.9 Å². The average Bonchev–Trinajstić information content (AvgIpc) is 2.69. The van der Waals surface area contributed by atoms with E-state index >= 15 is 0 Å². The quantitative estimate of drug-likeness (QED) is 0.340. The molecule has 0 aliphatic heterocycles. The van der Waals surface area contributed by atoms with Crippen molar-refractivity contribution in [3.8, 4) is 0 Å². The summed E-state index contributed by atoms with van der Waals surface area (Å²) in [5.74, 6) is -2.84. The van der Waals surface area contributed by atoms with E-state index in [1.54, 1.807) is 12.1 Å². The molecular formula is C20H22O8. The van der Waals surface area contributed by atoms with Crippen molar-refractivity contribution in [2.75, 3.05) is 13.2 Å². The van der Waals surface area contributed by atoms with Gasteiger partial charge in [-0.1, -0.05) is 25.3 Å². The lowest BCUT2D eigenvalue weighted by atomic mass is 10.1. The Hall–Kier alpha value is -3.42. The molecule has 8 heteroatoms. The van der Waals surface area contributed by atoms with Gasteiger partial charge in [0.05, 0.1) is 11.1 Å². The fourth-order valence-electron chi connectivity index (χ4n) is 1.92. The summed E-state index contributed by atoms with van der Waals surface area (Å²) in [6.45, 7) is 9.28. The molecule has 8 nitrogen and oxygen atoms in total. The summed E-state index contributed by atoms with van der Waals surface area (Å²) < 4.78 is 20.0. The lowest BCUT2D eigenvalue weighted by molar-refractivity contribution is -0.141. The first-order chi connectivity index (χ1) is 13.3. The van der Waals surface area contributed by atoms with Crippen molar-refractivity contribution in [3.05, 3.63) is 60.7 Å². The van der Waals surface area contributed by atoms with Gasteiger partial charge in [0.1, 0.15) is 25.4 Å². The van der Waals surface area contributed by atoms with Crippen LogP contribution < -0.4 is 0 Å². The van der Waals surface area contributed by atoms with Crippen LogP contribution in [0.15, 0.2) is 49.6 Å². The molecule has 0 amide bonds. The molecule has 0 spiro atoms. The Morgan fingerprint density at radius 3 is 1.50 bits per heavy atom. The van der Waals surface area contributed by atoms with Crippen LogP contribution in [-0.4, -0.2) is 49.3 Å². The molecule has 28 heavy (non-hydrogen) atoms. The lowest BCUT2D eigenvalue weighted by Gasteiger charge is -2.16. The molecular weight excluding hydrogens is 368 g/mol. The zero-order valence-corrected chi connectivity index (χ0v) is 15.7. The molecule has 150 valence electrons. The second-order valence-corrected chi connectivity index (χ2v) is 5.65. The normalized spacial score (nSPS) is 12.1. The molecule has 0 fully saturated rings. The van der Waals surface area contributed by atoms with Crippen LogP contribution in [0.25, 0.3) is 0 Å². The van der Waals surface area contributed by atoms with Gasteiger partial charge in [-0.05, 0) is 26.0 Å². The summed E-state index contributed by atoms with van der Waals surface area (Å²) in [7, 11) is 0. The van der Waals surface area contributed by atoms with Crippen molar-refractivity contribution in [1.29, 1.82) is 0 Å². The van der Waals surface area contributed by atoms with Gasteiger partial charge >= 0.3 is 23.9 Å². The number of rotatable bonds is 10. The minimum atomic E-state index is -0.777. The van der Waals surface area contributed by atoms with E-state index in [9.17, 15) is 19.2 Å². The Labute approximate surface area is 162 Å². The van der Waals surface area contributed by atoms with E-state index in [4.69, 9.17) is 18.9 Å². The maximum atomic E-state index is 12.4. The molecule has 0 N–H and O–H groups in total. The van der Waals surface area contributed by atoms with Crippen LogP contribution in [0.1, 0.15) is 34.6 Å². The monoisotopic (exact) mass is 390 g/mol. The van der Waals surface area contributed by atoms with Crippen LogP contribution in [0.4, 0.5) is 0 Å². The predicted molar refractivity (Wildman–Crippen MR) is 98.5 cm³/mol. The fourth-order valence-corrected chi connectivity index (χ4v) is 1.92.